The fraction of sp³-hybridized carbons (Fsp3) is 0.900. The SMILES string of the molecule is CC1CCSC(=NCC(C)(C)S(C)(=O)=O)N1. The molecule has 1 atom stereocenters. The van der Waals surface area contributed by atoms with E-state index in [0.717, 1.165) is 17.3 Å². The molecule has 6 heteroatoms. The van der Waals surface area contributed by atoms with Crippen LogP contribution in [-0.2, 0) is 9.84 Å². The predicted octanol–water partition coefficient (Wildman–Crippen LogP) is 1.28. The van der Waals surface area contributed by atoms with Crippen LogP contribution in [0.25, 0.3) is 0 Å². The van der Waals surface area contributed by atoms with E-state index < -0.39 is 14.6 Å². The van der Waals surface area contributed by atoms with Crippen LogP contribution in [0.15, 0.2) is 4.99 Å². The van der Waals surface area contributed by atoms with Crippen LogP contribution >= 0.6 is 11.8 Å². The molecule has 0 amide bonds. The molecular weight excluding hydrogens is 244 g/mol. The highest BCUT2D eigenvalue weighted by atomic mass is 32.2. The first-order chi connectivity index (χ1) is 7.22. The smallest absolute Gasteiger partial charge is 0.156 e. The van der Waals surface area contributed by atoms with Gasteiger partial charge in [-0.1, -0.05) is 11.8 Å². The molecule has 0 saturated carbocycles. The highest BCUT2D eigenvalue weighted by Crippen LogP contribution is 2.18. The van der Waals surface area contributed by atoms with Crippen LogP contribution in [0.4, 0.5) is 0 Å². The second kappa shape index (κ2) is 4.96. The Balaban J connectivity index is 2.65. The summed E-state index contributed by atoms with van der Waals surface area (Å²) in [5.41, 5.74) is 0. The topological polar surface area (TPSA) is 58.5 Å². The summed E-state index contributed by atoms with van der Waals surface area (Å²) in [5, 5.41) is 4.13. The summed E-state index contributed by atoms with van der Waals surface area (Å²) in [6, 6.07) is 0.432. The quantitative estimate of drug-likeness (QED) is 0.834. The van der Waals surface area contributed by atoms with Gasteiger partial charge in [0, 0.05) is 18.1 Å². The third-order valence-electron chi connectivity index (χ3n) is 2.77. The van der Waals surface area contributed by atoms with Crippen molar-refractivity contribution < 1.29 is 8.42 Å². The summed E-state index contributed by atoms with van der Waals surface area (Å²) in [6.45, 7) is 5.84. The van der Waals surface area contributed by atoms with Crippen molar-refractivity contribution >= 4 is 26.8 Å². The average Bonchev–Trinajstić information content (AvgIpc) is 2.13. The van der Waals surface area contributed by atoms with Gasteiger partial charge in [-0.2, -0.15) is 0 Å². The molecule has 1 aliphatic heterocycles. The molecule has 0 aromatic carbocycles. The van der Waals surface area contributed by atoms with Gasteiger partial charge < -0.3 is 5.32 Å². The zero-order valence-electron chi connectivity index (χ0n) is 10.3. The second-order valence-corrected chi connectivity index (χ2v) is 8.57. The molecular formula is C10H20N2O2S2. The van der Waals surface area contributed by atoms with Gasteiger partial charge in [0.1, 0.15) is 0 Å². The molecule has 0 radical (unpaired) electrons. The molecule has 0 aromatic heterocycles. The maximum absolute atomic E-state index is 11.5. The van der Waals surface area contributed by atoms with E-state index >= 15 is 0 Å². The Bertz CT molecular complexity index is 374. The molecule has 1 N–H and O–H groups in total. The van der Waals surface area contributed by atoms with E-state index in [4.69, 9.17) is 0 Å². The Labute approximate surface area is 102 Å². The zero-order valence-corrected chi connectivity index (χ0v) is 11.9. The highest BCUT2D eigenvalue weighted by molar-refractivity contribution is 8.13. The highest BCUT2D eigenvalue weighted by Gasteiger charge is 2.30. The molecule has 1 saturated heterocycles. The van der Waals surface area contributed by atoms with Crippen LogP contribution in [0.1, 0.15) is 27.2 Å². The lowest BCUT2D eigenvalue weighted by atomic mass is 10.2. The summed E-state index contributed by atoms with van der Waals surface area (Å²) in [6.07, 6.45) is 2.39. The minimum Gasteiger partial charge on any atom is -0.362 e. The standard InChI is InChI=1S/C10H20N2O2S2/c1-8-5-6-15-9(12-8)11-7-10(2,3)16(4,13)14/h8H,5-7H2,1-4H3,(H,11,12). The minimum absolute atomic E-state index is 0.313. The fourth-order valence-corrected chi connectivity index (χ4v) is 2.53. The second-order valence-electron chi connectivity index (χ2n) is 4.84. The van der Waals surface area contributed by atoms with Crippen LogP contribution in [-0.4, -0.2) is 42.9 Å². The summed E-state index contributed by atoms with van der Waals surface area (Å²) in [5.74, 6) is 1.05. The maximum atomic E-state index is 11.5. The van der Waals surface area contributed by atoms with Crippen molar-refractivity contribution in [3.63, 3.8) is 0 Å². The molecule has 0 aliphatic carbocycles. The number of thioether (sulfide) groups is 1. The Hall–Kier alpha value is -0.230. The first kappa shape index (κ1) is 13.8. The number of aliphatic imine (C=N–C) groups is 1. The van der Waals surface area contributed by atoms with E-state index in [1.165, 1.54) is 6.26 Å². The van der Waals surface area contributed by atoms with E-state index in [2.05, 4.69) is 17.2 Å². The molecule has 1 heterocycles. The molecule has 16 heavy (non-hydrogen) atoms. The van der Waals surface area contributed by atoms with Crippen molar-refractivity contribution in [3.05, 3.63) is 0 Å². The number of amidine groups is 1. The average molecular weight is 264 g/mol. The van der Waals surface area contributed by atoms with Gasteiger partial charge in [0.15, 0.2) is 15.0 Å². The van der Waals surface area contributed by atoms with Gasteiger partial charge in [0.25, 0.3) is 0 Å². The number of hydrogen-bond donors (Lipinski definition) is 1. The van der Waals surface area contributed by atoms with E-state index in [-0.39, 0.29) is 0 Å². The van der Waals surface area contributed by atoms with Crippen molar-refractivity contribution in [2.45, 2.75) is 38.0 Å². The van der Waals surface area contributed by atoms with E-state index in [1.807, 2.05) is 0 Å². The number of nitrogens with zero attached hydrogens (tertiary/aromatic N) is 1. The lowest BCUT2D eigenvalue weighted by molar-refractivity contribution is 0.554. The summed E-state index contributed by atoms with van der Waals surface area (Å²) < 4.78 is 22.2. The molecule has 0 spiro atoms. The predicted molar refractivity (Wildman–Crippen MR) is 70.9 cm³/mol. The summed E-state index contributed by atoms with van der Waals surface area (Å²) >= 11 is 1.66. The van der Waals surface area contributed by atoms with Crippen molar-refractivity contribution in [3.8, 4) is 0 Å². The zero-order chi connectivity index (χ0) is 12.4. The molecule has 1 rings (SSSR count). The monoisotopic (exact) mass is 264 g/mol. The first-order valence-electron chi connectivity index (χ1n) is 5.36. The van der Waals surface area contributed by atoms with Gasteiger partial charge in [0.2, 0.25) is 0 Å². The number of nitrogens with one attached hydrogen (secondary N) is 1. The molecule has 0 aromatic rings. The molecule has 1 fully saturated rings. The van der Waals surface area contributed by atoms with Crippen LogP contribution in [0.2, 0.25) is 0 Å². The Kier molecular flexibility index (Phi) is 4.29. The van der Waals surface area contributed by atoms with Crippen molar-refractivity contribution in [1.29, 1.82) is 0 Å². The fourth-order valence-electron chi connectivity index (χ4n) is 1.13. The minimum atomic E-state index is -3.06. The van der Waals surface area contributed by atoms with Crippen molar-refractivity contribution in [2.75, 3.05) is 18.6 Å². The van der Waals surface area contributed by atoms with E-state index in [0.29, 0.717) is 12.6 Å². The summed E-state index contributed by atoms with van der Waals surface area (Å²) in [4.78, 5) is 4.36. The van der Waals surface area contributed by atoms with Crippen LogP contribution < -0.4 is 5.32 Å². The molecule has 1 aliphatic rings. The number of hydrogen-bond acceptors (Lipinski definition) is 4. The van der Waals surface area contributed by atoms with E-state index in [1.54, 1.807) is 25.6 Å². The Morgan fingerprint density at radius 2 is 2.19 bits per heavy atom. The third kappa shape index (κ3) is 3.66. The molecule has 94 valence electrons. The van der Waals surface area contributed by atoms with Crippen LogP contribution in [0.5, 0.6) is 0 Å². The summed E-state index contributed by atoms with van der Waals surface area (Å²) in [7, 11) is -3.06. The molecule has 4 nitrogen and oxygen atoms in total. The van der Waals surface area contributed by atoms with Gasteiger partial charge in [-0.25, -0.2) is 8.42 Å². The Morgan fingerprint density at radius 1 is 1.56 bits per heavy atom. The van der Waals surface area contributed by atoms with Gasteiger partial charge in [0.05, 0.1) is 11.3 Å². The van der Waals surface area contributed by atoms with Crippen molar-refractivity contribution in [2.24, 2.45) is 4.99 Å². The van der Waals surface area contributed by atoms with Gasteiger partial charge in [-0.15, -0.1) is 0 Å². The normalized spacial score (nSPS) is 25.5. The number of sulfone groups is 1. The maximum Gasteiger partial charge on any atom is 0.156 e. The van der Waals surface area contributed by atoms with Gasteiger partial charge >= 0.3 is 0 Å². The molecule has 0 bridgehead atoms. The molecule has 1 unspecified atom stereocenters. The van der Waals surface area contributed by atoms with Crippen LogP contribution in [0, 0.1) is 0 Å². The lowest BCUT2D eigenvalue weighted by Gasteiger charge is -2.24. The van der Waals surface area contributed by atoms with E-state index in [9.17, 15) is 8.42 Å². The first-order valence-corrected chi connectivity index (χ1v) is 8.23. The number of rotatable bonds is 3. The largest absolute Gasteiger partial charge is 0.362 e. The van der Waals surface area contributed by atoms with Crippen LogP contribution in [0.3, 0.4) is 0 Å². The van der Waals surface area contributed by atoms with Crippen molar-refractivity contribution in [1.82, 2.24) is 5.32 Å². The Morgan fingerprint density at radius 3 is 2.69 bits per heavy atom. The van der Waals surface area contributed by atoms with Gasteiger partial charge in [-0.05, 0) is 27.2 Å². The third-order valence-corrected chi connectivity index (χ3v) is 5.86. The van der Waals surface area contributed by atoms with Gasteiger partial charge in [-0.3, -0.25) is 4.99 Å². The lowest BCUT2D eigenvalue weighted by Crippen LogP contribution is -2.38.